The van der Waals surface area contributed by atoms with E-state index in [1.807, 2.05) is 30.3 Å². The number of rotatable bonds is 8. The van der Waals surface area contributed by atoms with Gasteiger partial charge in [0.25, 0.3) is 5.91 Å². The number of nitrogens with zero attached hydrogens (tertiary/aromatic N) is 1. The number of carbonyl (C=O) groups excluding carboxylic acids is 3. The molecule has 3 N–H and O–H groups in total. The van der Waals surface area contributed by atoms with Crippen LogP contribution in [0, 0.1) is 0 Å². The molecule has 2 aromatic rings. The number of amides is 3. The van der Waals surface area contributed by atoms with Gasteiger partial charge in [0.2, 0.25) is 0 Å². The molecule has 1 aliphatic rings. The van der Waals surface area contributed by atoms with Crippen LogP contribution in [0.4, 0.5) is 4.79 Å². The first-order valence-corrected chi connectivity index (χ1v) is 10.7. The van der Waals surface area contributed by atoms with E-state index in [-0.39, 0.29) is 6.42 Å². The van der Waals surface area contributed by atoms with Gasteiger partial charge in [0.15, 0.2) is 11.8 Å². The largest absolute Gasteiger partial charge is 0.481 e. The first kappa shape index (κ1) is 23.7. The van der Waals surface area contributed by atoms with Gasteiger partial charge < -0.3 is 20.6 Å². The number of carbonyl (C=O) groups is 4. The standard InChI is InChI=1S/C25H27N3O5/c1-3-17-8-4-5-9-18(17)13-16-7-6-10-19(14-16)20(15-22(30)31)26-25(33)27-23-21(29)11-12-28(2)24(23)32/h4-12,14,20,23H,3,13,15H2,1-2H3,(H,30,31)(H2,26,27,33). The van der Waals surface area contributed by atoms with Crippen molar-refractivity contribution in [3.63, 3.8) is 0 Å². The van der Waals surface area contributed by atoms with Crippen LogP contribution in [0.3, 0.4) is 0 Å². The van der Waals surface area contributed by atoms with E-state index in [0.29, 0.717) is 12.0 Å². The highest BCUT2D eigenvalue weighted by atomic mass is 16.4. The Kier molecular flexibility index (Phi) is 7.61. The van der Waals surface area contributed by atoms with E-state index in [2.05, 4.69) is 29.7 Å². The maximum absolute atomic E-state index is 12.6. The third-order valence-electron chi connectivity index (χ3n) is 5.55. The molecule has 8 heteroatoms. The number of hydrogen-bond acceptors (Lipinski definition) is 4. The lowest BCUT2D eigenvalue weighted by molar-refractivity contribution is -0.138. The van der Waals surface area contributed by atoms with Crippen molar-refractivity contribution in [1.82, 2.24) is 15.5 Å². The Hall–Kier alpha value is -3.94. The fourth-order valence-electron chi connectivity index (χ4n) is 3.79. The second-order valence-electron chi connectivity index (χ2n) is 7.91. The maximum Gasteiger partial charge on any atom is 0.316 e. The van der Waals surface area contributed by atoms with Gasteiger partial charge in [-0.15, -0.1) is 0 Å². The van der Waals surface area contributed by atoms with E-state index < -0.39 is 35.8 Å². The van der Waals surface area contributed by atoms with Gasteiger partial charge in [0, 0.05) is 19.3 Å². The molecule has 0 saturated heterocycles. The molecule has 3 rings (SSSR count). The van der Waals surface area contributed by atoms with E-state index >= 15 is 0 Å². The summed E-state index contributed by atoms with van der Waals surface area (Å²) in [4.78, 5) is 49.5. The maximum atomic E-state index is 12.6. The highest BCUT2D eigenvalue weighted by molar-refractivity contribution is 6.14. The van der Waals surface area contributed by atoms with Crippen LogP contribution < -0.4 is 10.6 Å². The Morgan fingerprint density at radius 1 is 1.09 bits per heavy atom. The van der Waals surface area contributed by atoms with E-state index in [9.17, 15) is 24.3 Å². The molecule has 8 nitrogen and oxygen atoms in total. The number of carboxylic acid groups (broad SMARTS) is 1. The molecule has 0 fully saturated rings. The number of nitrogens with one attached hydrogen (secondary N) is 2. The first-order valence-electron chi connectivity index (χ1n) is 10.7. The zero-order chi connectivity index (χ0) is 24.0. The first-order chi connectivity index (χ1) is 15.8. The summed E-state index contributed by atoms with van der Waals surface area (Å²) in [6.45, 7) is 2.09. The van der Waals surface area contributed by atoms with E-state index in [1.165, 1.54) is 35.4 Å². The number of benzene rings is 2. The van der Waals surface area contributed by atoms with E-state index in [1.54, 1.807) is 6.07 Å². The Morgan fingerprint density at radius 2 is 1.82 bits per heavy atom. The molecule has 0 saturated carbocycles. The van der Waals surface area contributed by atoms with E-state index in [0.717, 1.165) is 12.0 Å². The molecule has 33 heavy (non-hydrogen) atoms. The number of likely N-dealkylation sites (N-methyl/N-ethyl adjacent to an activating group) is 1. The summed E-state index contributed by atoms with van der Waals surface area (Å²) in [6, 6.07) is 12.5. The summed E-state index contributed by atoms with van der Waals surface area (Å²) >= 11 is 0. The smallest absolute Gasteiger partial charge is 0.316 e. The molecule has 172 valence electrons. The Bertz CT molecular complexity index is 1090. The van der Waals surface area contributed by atoms with Gasteiger partial charge in [-0.05, 0) is 35.1 Å². The minimum atomic E-state index is -1.35. The number of hydrogen-bond donors (Lipinski definition) is 3. The van der Waals surface area contributed by atoms with Crippen LogP contribution in [0.25, 0.3) is 0 Å². The van der Waals surface area contributed by atoms with Crippen molar-refractivity contribution in [3.05, 3.63) is 83.1 Å². The highest BCUT2D eigenvalue weighted by Gasteiger charge is 2.32. The zero-order valence-corrected chi connectivity index (χ0v) is 18.6. The number of urea groups is 1. The molecule has 0 spiro atoms. The van der Waals surface area contributed by atoms with Crippen molar-refractivity contribution in [3.8, 4) is 0 Å². The molecule has 3 amide bonds. The molecule has 0 radical (unpaired) electrons. The second-order valence-corrected chi connectivity index (χ2v) is 7.91. The SMILES string of the molecule is CCc1ccccc1Cc1cccc(C(CC(=O)O)NC(=O)NC2C(=O)C=CN(C)C2=O)c1. The van der Waals surface area contributed by atoms with Crippen molar-refractivity contribution in [2.75, 3.05) is 7.05 Å². The lowest BCUT2D eigenvalue weighted by atomic mass is 9.95. The molecular formula is C25H27N3O5. The van der Waals surface area contributed by atoms with Gasteiger partial charge in [-0.25, -0.2) is 4.79 Å². The summed E-state index contributed by atoms with van der Waals surface area (Å²) < 4.78 is 0. The summed E-state index contributed by atoms with van der Waals surface area (Å²) in [5.41, 5.74) is 4.03. The van der Waals surface area contributed by atoms with E-state index in [4.69, 9.17) is 0 Å². The van der Waals surface area contributed by atoms with Crippen molar-refractivity contribution >= 4 is 23.7 Å². The predicted molar refractivity (Wildman–Crippen MR) is 122 cm³/mol. The van der Waals surface area contributed by atoms with Crippen molar-refractivity contribution in [2.24, 2.45) is 0 Å². The van der Waals surface area contributed by atoms with Crippen LogP contribution in [-0.4, -0.2) is 46.8 Å². The van der Waals surface area contributed by atoms with Crippen LogP contribution in [-0.2, 0) is 27.2 Å². The monoisotopic (exact) mass is 449 g/mol. The molecular weight excluding hydrogens is 422 g/mol. The van der Waals surface area contributed by atoms with Gasteiger partial charge in [-0.1, -0.05) is 55.5 Å². The summed E-state index contributed by atoms with van der Waals surface area (Å²) in [5.74, 6) is -2.20. The predicted octanol–water partition coefficient (Wildman–Crippen LogP) is 2.58. The van der Waals surface area contributed by atoms with Gasteiger partial charge in [-0.2, -0.15) is 0 Å². The third-order valence-corrected chi connectivity index (χ3v) is 5.55. The Morgan fingerprint density at radius 3 is 2.52 bits per heavy atom. The normalized spacial score (nSPS) is 16.4. The number of aliphatic carboxylic acids is 1. The van der Waals surface area contributed by atoms with Gasteiger partial charge in [0.1, 0.15) is 0 Å². The Labute approximate surface area is 192 Å². The average Bonchev–Trinajstić information content (AvgIpc) is 2.79. The second kappa shape index (κ2) is 10.6. The highest BCUT2D eigenvalue weighted by Crippen LogP contribution is 2.21. The number of ketones is 1. The average molecular weight is 450 g/mol. The zero-order valence-electron chi connectivity index (χ0n) is 18.6. The number of carboxylic acids is 1. The lowest BCUT2D eigenvalue weighted by Gasteiger charge is -2.25. The van der Waals surface area contributed by atoms with Crippen LogP contribution in [0.1, 0.15) is 41.6 Å². The molecule has 1 heterocycles. The Balaban J connectivity index is 1.77. The minimum absolute atomic E-state index is 0.352. The molecule has 0 aromatic heterocycles. The summed E-state index contributed by atoms with van der Waals surface area (Å²) in [6.07, 6.45) is 3.76. The molecule has 2 atom stereocenters. The quantitative estimate of drug-likeness (QED) is 0.536. The lowest BCUT2D eigenvalue weighted by Crippen LogP contribution is -2.55. The van der Waals surface area contributed by atoms with Crippen molar-refractivity contribution in [2.45, 2.75) is 38.3 Å². The molecule has 2 unspecified atom stereocenters. The van der Waals surface area contributed by atoms with Crippen molar-refractivity contribution < 1.29 is 24.3 Å². The van der Waals surface area contributed by atoms with Crippen molar-refractivity contribution in [1.29, 1.82) is 0 Å². The molecule has 2 aromatic carbocycles. The van der Waals surface area contributed by atoms with Crippen LogP contribution in [0.5, 0.6) is 0 Å². The third kappa shape index (κ3) is 6.06. The van der Waals surface area contributed by atoms with Crippen LogP contribution in [0.2, 0.25) is 0 Å². The fraction of sp³-hybridized carbons (Fsp3) is 0.280. The molecule has 0 bridgehead atoms. The summed E-state index contributed by atoms with van der Waals surface area (Å²) in [7, 11) is 1.48. The summed E-state index contributed by atoms with van der Waals surface area (Å²) in [5, 5.41) is 14.3. The van der Waals surface area contributed by atoms with Gasteiger partial charge in [0.05, 0.1) is 12.5 Å². The molecule has 0 aliphatic carbocycles. The minimum Gasteiger partial charge on any atom is -0.481 e. The molecule has 1 aliphatic heterocycles. The van der Waals surface area contributed by atoms with Crippen LogP contribution in [0.15, 0.2) is 60.8 Å². The number of aryl methyl sites for hydroxylation is 1. The van der Waals surface area contributed by atoms with Crippen LogP contribution >= 0.6 is 0 Å². The fourth-order valence-corrected chi connectivity index (χ4v) is 3.79. The van der Waals surface area contributed by atoms with Gasteiger partial charge in [-0.3, -0.25) is 14.4 Å². The topological polar surface area (TPSA) is 116 Å². The van der Waals surface area contributed by atoms with Gasteiger partial charge >= 0.3 is 12.0 Å².